The Bertz CT molecular complexity index is 898. The molecular formula is C19H21NO2S. The number of ether oxygens (including phenoxy) is 1. The average Bonchev–Trinajstić information content (AvgIpc) is 2.57. The number of hydrogen-bond acceptors (Lipinski definition) is 4. The second-order valence-electron chi connectivity index (χ2n) is 5.93. The molecule has 1 aliphatic carbocycles. The molecule has 1 aromatic rings. The van der Waals surface area contributed by atoms with Gasteiger partial charge in [-0.2, -0.15) is 0 Å². The normalized spacial score (nSPS) is 11.3. The lowest BCUT2D eigenvalue weighted by Gasteiger charge is -2.14. The Morgan fingerprint density at radius 3 is 2.65 bits per heavy atom. The molecule has 120 valence electrons. The molecule has 0 atom stereocenters. The summed E-state index contributed by atoms with van der Waals surface area (Å²) in [5, 5.41) is 0. The van der Waals surface area contributed by atoms with Crippen LogP contribution in [0.3, 0.4) is 0 Å². The summed E-state index contributed by atoms with van der Waals surface area (Å²) < 4.78 is 6.83. The van der Waals surface area contributed by atoms with E-state index >= 15 is 0 Å². The molecule has 0 N–H and O–H groups in total. The van der Waals surface area contributed by atoms with Crippen LogP contribution < -0.4 is 10.2 Å². The molecule has 0 saturated heterocycles. The number of hydrogen-bond donors (Lipinski definition) is 0. The number of nitrogens with zero attached hydrogens (tertiary/aromatic N) is 1. The largest absolute Gasteiger partial charge is 0.494 e. The van der Waals surface area contributed by atoms with Gasteiger partial charge in [-0.15, -0.1) is 11.3 Å². The molecule has 0 bridgehead atoms. The third-order valence-electron chi connectivity index (χ3n) is 4.30. The minimum atomic E-state index is 0.128. The van der Waals surface area contributed by atoms with Crippen LogP contribution in [0.2, 0.25) is 0 Å². The molecule has 0 radical (unpaired) electrons. The van der Waals surface area contributed by atoms with Gasteiger partial charge in [0.25, 0.3) is 0 Å². The van der Waals surface area contributed by atoms with Crippen LogP contribution in [0, 0.1) is 20.8 Å². The molecule has 0 fully saturated rings. The van der Waals surface area contributed by atoms with E-state index in [4.69, 9.17) is 9.72 Å². The summed E-state index contributed by atoms with van der Waals surface area (Å²) in [6.07, 6.45) is 2.17. The van der Waals surface area contributed by atoms with Crippen LogP contribution in [0.25, 0.3) is 20.8 Å². The molecule has 3 rings (SSSR count). The topological polar surface area (TPSA) is 39.2 Å². The molecule has 0 aromatic heterocycles. The first-order valence-electron chi connectivity index (χ1n) is 8.00. The quantitative estimate of drug-likeness (QED) is 0.507. The van der Waals surface area contributed by atoms with E-state index in [1.165, 1.54) is 0 Å². The Balaban J connectivity index is 2.17. The van der Waals surface area contributed by atoms with Crippen LogP contribution >= 0.6 is 11.3 Å². The van der Waals surface area contributed by atoms with Crippen LogP contribution in [0.5, 0.6) is 5.75 Å². The Labute approximate surface area is 140 Å². The Hall–Kier alpha value is -1.94. The highest BCUT2D eigenvalue weighted by atomic mass is 32.1. The van der Waals surface area contributed by atoms with Crippen LogP contribution in [0.1, 0.15) is 36.5 Å². The van der Waals surface area contributed by atoms with Gasteiger partial charge in [0.05, 0.1) is 27.4 Å². The maximum absolute atomic E-state index is 12.3. The van der Waals surface area contributed by atoms with E-state index in [1.807, 2.05) is 39.0 Å². The van der Waals surface area contributed by atoms with Crippen molar-refractivity contribution in [3.05, 3.63) is 45.1 Å². The summed E-state index contributed by atoms with van der Waals surface area (Å²) in [5.74, 6) is 0.868. The number of benzene rings is 2. The highest BCUT2D eigenvalue weighted by Crippen LogP contribution is 2.36. The lowest BCUT2D eigenvalue weighted by Crippen LogP contribution is -2.13. The minimum absolute atomic E-state index is 0.128. The molecule has 1 aromatic carbocycles. The van der Waals surface area contributed by atoms with Crippen LogP contribution in [0.15, 0.2) is 23.0 Å². The molecule has 2 aliphatic rings. The van der Waals surface area contributed by atoms with Gasteiger partial charge in [-0.1, -0.05) is 13.3 Å². The van der Waals surface area contributed by atoms with E-state index in [9.17, 15) is 4.79 Å². The lowest BCUT2D eigenvalue weighted by atomic mass is 10.0. The molecule has 1 aliphatic heterocycles. The van der Waals surface area contributed by atoms with Crippen molar-refractivity contribution >= 4 is 21.6 Å². The molecule has 23 heavy (non-hydrogen) atoms. The third kappa shape index (κ3) is 2.83. The molecule has 4 heteroatoms. The summed E-state index contributed by atoms with van der Waals surface area (Å²) in [6, 6.07) is 6.00. The monoisotopic (exact) mass is 327 g/mol. The van der Waals surface area contributed by atoms with E-state index in [0.29, 0.717) is 0 Å². The first kappa shape index (κ1) is 15.9. The fourth-order valence-electron chi connectivity index (χ4n) is 2.66. The van der Waals surface area contributed by atoms with Gasteiger partial charge in [0.1, 0.15) is 5.75 Å². The number of fused-ring (bicyclic) bond motifs is 2. The van der Waals surface area contributed by atoms with Gasteiger partial charge in [0.15, 0.2) is 5.43 Å². The van der Waals surface area contributed by atoms with Gasteiger partial charge in [0.2, 0.25) is 0 Å². The van der Waals surface area contributed by atoms with Gasteiger partial charge in [-0.25, -0.2) is 4.98 Å². The van der Waals surface area contributed by atoms with Crippen LogP contribution in [0.4, 0.5) is 0 Å². The van der Waals surface area contributed by atoms with Crippen molar-refractivity contribution in [1.82, 2.24) is 4.98 Å². The maximum atomic E-state index is 12.3. The second kappa shape index (κ2) is 6.28. The molecule has 0 spiro atoms. The average molecular weight is 327 g/mol. The zero-order valence-corrected chi connectivity index (χ0v) is 14.8. The number of aromatic nitrogens is 1. The van der Waals surface area contributed by atoms with Crippen molar-refractivity contribution in [2.75, 3.05) is 6.61 Å². The summed E-state index contributed by atoms with van der Waals surface area (Å²) in [4.78, 5) is 18.1. The zero-order valence-electron chi connectivity index (χ0n) is 14.0. The standard InChI is InChI=1S/C19H21NO2S/c1-5-6-9-22-14-7-8-15-16(10-14)23-19-13(4)18(21)12(3)11(2)17(19)20-15/h7-8,10H,5-6,9H2,1-4H3. The fourth-order valence-corrected chi connectivity index (χ4v) is 3.82. The van der Waals surface area contributed by atoms with E-state index in [0.717, 1.165) is 62.7 Å². The molecule has 0 amide bonds. The SMILES string of the molecule is CCCCOc1ccc2nc3c(C)c(C)c(=O)c(C)c-3sc2c1. The van der Waals surface area contributed by atoms with Gasteiger partial charge >= 0.3 is 0 Å². The van der Waals surface area contributed by atoms with Crippen LogP contribution in [-0.2, 0) is 0 Å². The third-order valence-corrected chi connectivity index (χ3v) is 5.55. The summed E-state index contributed by atoms with van der Waals surface area (Å²) in [7, 11) is 0. The van der Waals surface area contributed by atoms with Crippen molar-refractivity contribution in [2.24, 2.45) is 0 Å². The van der Waals surface area contributed by atoms with Crippen molar-refractivity contribution in [1.29, 1.82) is 0 Å². The van der Waals surface area contributed by atoms with Crippen molar-refractivity contribution in [3.8, 4) is 16.3 Å². The minimum Gasteiger partial charge on any atom is -0.494 e. The van der Waals surface area contributed by atoms with Gasteiger partial charge in [0, 0.05) is 11.1 Å². The van der Waals surface area contributed by atoms with Gasteiger partial charge < -0.3 is 4.74 Å². The Morgan fingerprint density at radius 1 is 1.13 bits per heavy atom. The highest BCUT2D eigenvalue weighted by Gasteiger charge is 2.18. The van der Waals surface area contributed by atoms with Crippen molar-refractivity contribution in [2.45, 2.75) is 40.5 Å². The number of rotatable bonds is 4. The first-order chi connectivity index (χ1) is 11.0. The van der Waals surface area contributed by atoms with Crippen molar-refractivity contribution < 1.29 is 4.74 Å². The Kier molecular flexibility index (Phi) is 4.35. The Morgan fingerprint density at radius 2 is 1.91 bits per heavy atom. The summed E-state index contributed by atoms with van der Waals surface area (Å²) >= 11 is 1.63. The summed E-state index contributed by atoms with van der Waals surface area (Å²) in [6.45, 7) is 8.63. The fraction of sp³-hybridized carbons (Fsp3) is 0.368. The second-order valence-corrected chi connectivity index (χ2v) is 6.98. The molecule has 1 heterocycles. The number of unbranched alkanes of at least 4 members (excludes halogenated alkanes) is 1. The van der Waals surface area contributed by atoms with Crippen molar-refractivity contribution in [3.63, 3.8) is 0 Å². The summed E-state index contributed by atoms with van der Waals surface area (Å²) in [5.41, 5.74) is 4.59. The predicted molar refractivity (Wildman–Crippen MR) is 97.1 cm³/mol. The van der Waals surface area contributed by atoms with E-state index in [-0.39, 0.29) is 5.43 Å². The van der Waals surface area contributed by atoms with Gasteiger partial charge in [-0.3, -0.25) is 4.79 Å². The predicted octanol–water partition coefficient (Wildman–Crippen LogP) is 4.87. The van der Waals surface area contributed by atoms with E-state index < -0.39 is 0 Å². The maximum Gasteiger partial charge on any atom is 0.186 e. The van der Waals surface area contributed by atoms with Gasteiger partial charge in [-0.05, 0) is 51.0 Å². The highest BCUT2D eigenvalue weighted by molar-refractivity contribution is 7.21. The zero-order chi connectivity index (χ0) is 16.6. The smallest absolute Gasteiger partial charge is 0.186 e. The molecule has 0 unspecified atom stereocenters. The molecular weight excluding hydrogens is 306 g/mol. The van der Waals surface area contributed by atoms with Crippen LogP contribution in [-0.4, -0.2) is 11.6 Å². The molecule has 3 nitrogen and oxygen atoms in total. The first-order valence-corrected chi connectivity index (χ1v) is 8.81. The van der Waals surface area contributed by atoms with E-state index in [2.05, 4.69) is 6.92 Å². The molecule has 0 saturated carbocycles. The lowest BCUT2D eigenvalue weighted by molar-refractivity contribution is 0.310. The van der Waals surface area contributed by atoms with E-state index in [1.54, 1.807) is 11.3 Å².